The first-order chi connectivity index (χ1) is 16.5. The van der Waals surface area contributed by atoms with E-state index in [1.807, 2.05) is 48.5 Å². The van der Waals surface area contributed by atoms with E-state index < -0.39 is 0 Å². The summed E-state index contributed by atoms with van der Waals surface area (Å²) in [5.74, 6) is 1.11. The molecule has 0 aliphatic carbocycles. The van der Waals surface area contributed by atoms with Crippen LogP contribution in [0, 0.1) is 11.3 Å². The van der Waals surface area contributed by atoms with Gasteiger partial charge in [0.1, 0.15) is 22.4 Å². The molecule has 0 bridgehead atoms. The molecular weight excluding hydrogens is 488 g/mol. The second-order valence-electron chi connectivity index (χ2n) is 7.36. The van der Waals surface area contributed by atoms with Crippen molar-refractivity contribution in [1.82, 2.24) is 4.90 Å². The number of halogens is 1. The van der Waals surface area contributed by atoms with Crippen molar-refractivity contribution >= 4 is 51.9 Å². The Morgan fingerprint density at radius 2 is 1.91 bits per heavy atom. The molecule has 3 aromatic carbocycles. The number of nitriles is 1. The van der Waals surface area contributed by atoms with Crippen molar-refractivity contribution in [2.45, 2.75) is 13.2 Å². The molecule has 0 atom stereocenters. The quantitative estimate of drug-likeness (QED) is 0.281. The van der Waals surface area contributed by atoms with Gasteiger partial charge >= 0.3 is 0 Å². The van der Waals surface area contributed by atoms with Crippen LogP contribution in [0.4, 0.5) is 0 Å². The summed E-state index contributed by atoms with van der Waals surface area (Å²) in [6.45, 7) is 0.622. The summed E-state index contributed by atoms with van der Waals surface area (Å²) in [5, 5.41) is 9.63. The molecule has 0 N–H and O–H groups in total. The first kappa shape index (κ1) is 23.8. The second-order valence-corrected chi connectivity index (χ2v) is 9.45. The summed E-state index contributed by atoms with van der Waals surface area (Å²) in [6, 6.07) is 22.3. The van der Waals surface area contributed by atoms with E-state index in [9.17, 15) is 10.1 Å². The van der Waals surface area contributed by atoms with Crippen LogP contribution in [-0.2, 0) is 17.9 Å². The Morgan fingerprint density at radius 3 is 2.62 bits per heavy atom. The van der Waals surface area contributed by atoms with Gasteiger partial charge in [-0.1, -0.05) is 72.0 Å². The van der Waals surface area contributed by atoms with Crippen molar-refractivity contribution in [3.05, 3.63) is 98.9 Å². The lowest BCUT2D eigenvalue weighted by atomic mass is 10.1. The van der Waals surface area contributed by atoms with Crippen LogP contribution in [-0.4, -0.2) is 22.2 Å². The van der Waals surface area contributed by atoms with Crippen molar-refractivity contribution in [3.63, 3.8) is 0 Å². The fourth-order valence-corrected chi connectivity index (χ4v) is 4.83. The van der Waals surface area contributed by atoms with E-state index in [2.05, 4.69) is 6.07 Å². The average Bonchev–Trinajstić information content (AvgIpc) is 3.11. The molecule has 0 saturated carbocycles. The average molecular weight is 507 g/mol. The van der Waals surface area contributed by atoms with Crippen molar-refractivity contribution in [2.75, 3.05) is 7.11 Å². The molecule has 34 heavy (non-hydrogen) atoms. The first-order valence-electron chi connectivity index (χ1n) is 10.3. The lowest BCUT2D eigenvalue weighted by Gasteiger charge is -2.14. The molecule has 3 aromatic rings. The van der Waals surface area contributed by atoms with E-state index in [1.54, 1.807) is 36.3 Å². The zero-order chi connectivity index (χ0) is 24.1. The van der Waals surface area contributed by atoms with Crippen LogP contribution in [0.5, 0.6) is 11.5 Å². The van der Waals surface area contributed by atoms with Gasteiger partial charge in [0.2, 0.25) is 0 Å². The third-order valence-electron chi connectivity index (χ3n) is 5.15. The molecule has 0 unspecified atom stereocenters. The summed E-state index contributed by atoms with van der Waals surface area (Å²) in [7, 11) is 1.61. The SMILES string of the molecule is COc1ccc(CN2C(=O)/C(=C/c3ccc(OCc4ccccc4C#N)c(Cl)c3)SC2=S)cc1. The number of methoxy groups -OCH3 is 1. The maximum absolute atomic E-state index is 13.0. The lowest BCUT2D eigenvalue weighted by Crippen LogP contribution is -2.27. The highest BCUT2D eigenvalue weighted by Gasteiger charge is 2.32. The summed E-state index contributed by atoms with van der Waals surface area (Å²) in [6.07, 6.45) is 1.77. The number of hydrogen-bond donors (Lipinski definition) is 0. The van der Waals surface area contributed by atoms with Crippen LogP contribution in [0.3, 0.4) is 0 Å². The maximum Gasteiger partial charge on any atom is 0.266 e. The van der Waals surface area contributed by atoms with Crippen LogP contribution in [0.25, 0.3) is 6.08 Å². The molecule has 0 aromatic heterocycles. The molecule has 0 spiro atoms. The highest BCUT2D eigenvalue weighted by molar-refractivity contribution is 8.26. The van der Waals surface area contributed by atoms with Crippen LogP contribution in [0.1, 0.15) is 22.3 Å². The van der Waals surface area contributed by atoms with E-state index in [0.717, 1.165) is 22.4 Å². The molecule has 170 valence electrons. The monoisotopic (exact) mass is 506 g/mol. The van der Waals surface area contributed by atoms with Gasteiger partial charge in [-0.25, -0.2) is 0 Å². The minimum atomic E-state index is -0.143. The highest BCUT2D eigenvalue weighted by Crippen LogP contribution is 2.35. The fraction of sp³-hybridized carbons (Fsp3) is 0.115. The number of rotatable bonds is 7. The van der Waals surface area contributed by atoms with E-state index in [4.69, 9.17) is 33.3 Å². The normalized spacial score (nSPS) is 14.4. The van der Waals surface area contributed by atoms with Gasteiger partial charge in [0.05, 0.1) is 35.2 Å². The predicted octanol–water partition coefficient (Wildman–Crippen LogP) is 6.20. The Balaban J connectivity index is 1.45. The van der Waals surface area contributed by atoms with Crippen molar-refractivity contribution in [3.8, 4) is 17.6 Å². The number of carbonyl (C=O) groups excluding carboxylic acids is 1. The minimum Gasteiger partial charge on any atom is -0.497 e. The van der Waals surface area contributed by atoms with Crippen LogP contribution < -0.4 is 9.47 Å². The smallest absolute Gasteiger partial charge is 0.266 e. The van der Waals surface area contributed by atoms with E-state index in [1.165, 1.54) is 11.8 Å². The Hall–Kier alpha value is -3.31. The van der Waals surface area contributed by atoms with Gasteiger partial charge in [-0.05, 0) is 47.5 Å². The lowest BCUT2D eigenvalue weighted by molar-refractivity contribution is -0.122. The van der Waals surface area contributed by atoms with E-state index in [0.29, 0.717) is 32.1 Å². The number of benzene rings is 3. The number of thioether (sulfide) groups is 1. The zero-order valence-electron chi connectivity index (χ0n) is 18.2. The van der Waals surface area contributed by atoms with Crippen LogP contribution >= 0.6 is 35.6 Å². The van der Waals surface area contributed by atoms with E-state index in [-0.39, 0.29) is 12.5 Å². The summed E-state index contributed by atoms with van der Waals surface area (Å²) in [5.41, 5.74) is 3.07. The summed E-state index contributed by atoms with van der Waals surface area (Å²) >= 11 is 13.1. The molecule has 1 amide bonds. The third kappa shape index (κ3) is 5.42. The fourth-order valence-electron chi connectivity index (χ4n) is 3.34. The second kappa shape index (κ2) is 10.7. The standard InChI is InChI=1S/C26H19ClN2O3S2/c1-31-21-9-6-17(7-10-21)15-29-25(30)24(34-26(29)33)13-18-8-11-23(22(27)12-18)32-16-20-5-3-2-4-19(20)14-28/h2-13H,15-16H2,1H3/b24-13-. The largest absolute Gasteiger partial charge is 0.497 e. The van der Waals surface area contributed by atoms with Crippen molar-refractivity contribution in [2.24, 2.45) is 0 Å². The first-order valence-corrected chi connectivity index (χ1v) is 11.9. The topological polar surface area (TPSA) is 62.6 Å². The number of amides is 1. The molecule has 1 aliphatic heterocycles. The van der Waals surface area contributed by atoms with Gasteiger partial charge in [0, 0.05) is 5.56 Å². The number of hydrogen-bond acceptors (Lipinski definition) is 6. The molecule has 0 radical (unpaired) electrons. The summed E-state index contributed by atoms with van der Waals surface area (Å²) < 4.78 is 11.5. The van der Waals surface area contributed by atoms with Gasteiger partial charge in [-0.15, -0.1) is 0 Å². The molecular formula is C26H19ClN2O3S2. The molecule has 5 nitrogen and oxygen atoms in total. The van der Waals surface area contributed by atoms with Crippen molar-refractivity contribution < 1.29 is 14.3 Å². The third-order valence-corrected chi connectivity index (χ3v) is 6.82. The molecule has 1 fully saturated rings. The number of nitrogens with zero attached hydrogens (tertiary/aromatic N) is 2. The van der Waals surface area contributed by atoms with Crippen LogP contribution in [0.2, 0.25) is 5.02 Å². The molecule has 1 heterocycles. The maximum atomic E-state index is 13.0. The number of thiocarbonyl (C=S) groups is 1. The Bertz CT molecular complexity index is 1320. The minimum absolute atomic E-state index is 0.143. The van der Waals surface area contributed by atoms with Crippen LogP contribution in [0.15, 0.2) is 71.6 Å². The molecule has 1 aliphatic rings. The van der Waals surface area contributed by atoms with E-state index >= 15 is 0 Å². The summed E-state index contributed by atoms with van der Waals surface area (Å²) in [4.78, 5) is 15.1. The number of ether oxygens (including phenoxy) is 2. The van der Waals surface area contributed by atoms with Gasteiger partial charge in [-0.2, -0.15) is 5.26 Å². The molecule has 1 saturated heterocycles. The zero-order valence-corrected chi connectivity index (χ0v) is 20.5. The number of carbonyl (C=O) groups is 1. The molecule has 8 heteroatoms. The highest BCUT2D eigenvalue weighted by atomic mass is 35.5. The Labute approximate surface area is 212 Å². The Kier molecular flexibility index (Phi) is 7.53. The van der Waals surface area contributed by atoms with Gasteiger partial charge in [0.25, 0.3) is 5.91 Å². The molecule has 4 rings (SSSR count). The Morgan fingerprint density at radius 1 is 1.15 bits per heavy atom. The predicted molar refractivity (Wildman–Crippen MR) is 139 cm³/mol. The van der Waals surface area contributed by atoms with Crippen molar-refractivity contribution in [1.29, 1.82) is 5.26 Å². The van der Waals surface area contributed by atoms with Gasteiger partial charge in [-0.3, -0.25) is 9.69 Å². The van der Waals surface area contributed by atoms with Gasteiger partial charge < -0.3 is 9.47 Å². The van der Waals surface area contributed by atoms with Gasteiger partial charge in [0.15, 0.2) is 0 Å².